The van der Waals surface area contributed by atoms with E-state index in [1.807, 2.05) is 22.7 Å². The Labute approximate surface area is 199 Å². The number of benzene rings is 1. The second kappa shape index (κ2) is 9.38. The topological polar surface area (TPSA) is 74.5 Å². The number of fused-ring (bicyclic) bond motifs is 2. The van der Waals surface area contributed by atoms with E-state index in [9.17, 15) is 18.0 Å². The van der Waals surface area contributed by atoms with Gasteiger partial charge in [-0.05, 0) is 30.2 Å². The van der Waals surface area contributed by atoms with E-state index in [-0.39, 0.29) is 24.0 Å². The summed E-state index contributed by atoms with van der Waals surface area (Å²) >= 11 is 0. The third kappa shape index (κ3) is 4.92. The molecule has 1 atom stereocenters. The highest BCUT2D eigenvalue weighted by Gasteiger charge is 2.37. The van der Waals surface area contributed by atoms with Crippen LogP contribution < -0.4 is 9.47 Å². The minimum Gasteiger partial charge on any atom is -0.496 e. The molecule has 0 bridgehead atoms. The third-order valence-electron chi connectivity index (χ3n) is 6.03. The van der Waals surface area contributed by atoms with E-state index in [0.717, 1.165) is 16.2 Å². The van der Waals surface area contributed by atoms with Crippen molar-refractivity contribution < 1.29 is 36.9 Å². The number of nitrogens with zero attached hydrogens (tertiary/aromatic N) is 3. The van der Waals surface area contributed by atoms with Crippen LogP contribution in [0.25, 0.3) is 16.9 Å². The van der Waals surface area contributed by atoms with Gasteiger partial charge in [0.05, 0.1) is 44.4 Å². The van der Waals surface area contributed by atoms with E-state index in [2.05, 4.69) is 4.98 Å². The lowest BCUT2D eigenvalue weighted by molar-refractivity contribution is -0.141. The Morgan fingerprint density at radius 2 is 2.09 bits per heavy atom. The fourth-order valence-electron chi connectivity index (χ4n) is 4.39. The van der Waals surface area contributed by atoms with Crippen LogP contribution in [-0.4, -0.2) is 79.1 Å². The molecule has 35 heavy (non-hydrogen) atoms. The number of carbonyl (C=O) groups is 1. The van der Waals surface area contributed by atoms with Gasteiger partial charge in [0.15, 0.2) is 0 Å². The van der Waals surface area contributed by atoms with E-state index in [0.29, 0.717) is 49.8 Å². The number of aromatic nitrogens is 2. The summed E-state index contributed by atoms with van der Waals surface area (Å²) in [7, 11) is 1.40. The average molecular weight is 491 g/mol. The first-order valence-corrected chi connectivity index (χ1v) is 11.2. The molecule has 0 radical (unpaired) electrons. The molecule has 8 nitrogen and oxygen atoms in total. The number of alkyl halides is 3. The lowest BCUT2D eigenvalue weighted by Crippen LogP contribution is -2.43. The van der Waals surface area contributed by atoms with Crippen molar-refractivity contribution in [3.05, 3.63) is 47.8 Å². The smallest absolute Gasteiger partial charge is 0.406 e. The van der Waals surface area contributed by atoms with Crippen molar-refractivity contribution in [2.45, 2.75) is 18.7 Å². The van der Waals surface area contributed by atoms with E-state index < -0.39 is 18.6 Å². The SMILES string of the molecule is COc1cc(-c2cnc3cc(OCC4COCCO4)ccn23)cc2c1C(=O)N(CC(F)(F)F)CC2. The largest absolute Gasteiger partial charge is 0.496 e. The van der Waals surface area contributed by atoms with E-state index in [1.54, 1.807) is 18.3 Å². The second-order valence-corrected chi connectivity index (χ2v) is 8.42. The standard InChI is InChI=1S/C24H24F3N3O5/c1-32-20-9-16(8-15-2-4-29(14-24(25,26)27)23(31)22(15)20)19-11-28-21-10-17(3-5-30(19)21)35-13-18-12-33-6-7-34-18/h3,5,8-11,18H,2,4,6-7,12-14H2,1H3. The normalized spacial score (nSPS) is 18.6. The predicted octanol–water partition coefficient (Wildman–Crippen LogP) is 3.36. The van der Waals surface area contributed by atoms with Gasteiger partial charge in [-0.3, -0.25) is 9.20 Å². The number of hydrogen-bond donors (Lipinski definition) is 0. The van der Waals surface area contributed by atoms with Crippen molar-refractivity contribution in [2.75, 3.05) is 46.6 Å². The molecule has 4 heterocycles. The fourth-order valence-corrected chi connectivity index (χ4v) is 4.39. The van der Waals surface area contributed by atoms with Crippen LogP contribution in [-0.2, 0) is 15.9 Å². The lowest BCUT2D eigenvalue weighted by atomic mass is 9.94. The van der Waals surface area contributed by atoms with Crippen LogP contribution in [0.15, 0.2) is 36.7 Å². The second-order valence-electron chi connectivity index (χ2n) is 8.42. The Morgan fingerprint density at radius 1 is 1.23 bits per heavy atom. The monoisotopic (exact) mass is 491 g/mol. The molecular formula is C24H24F3N3O5. The summed E-state index contributed by atoms with van der Waals surface area (Å²) < 4.78 is 62.8. The Hall–Kier alpha value is -3.31. The molecule has 2 aromatic heterocycles. The van der Waals surface area contributed by atoms with Crippen molar-refractivity contribution in [3.63, 3.8) is 0 Å². The summed E-state index contributed by atoms with van der Waals surface area (Å²) in [6.45, 7) is 0.701. The van der Waals surface area contributed by atoms with Crippen LogP contribution in [0.5, 0.6) is 11.5 Å². The van der Waals surface area contributed by atoms with Crippen molar-refractivity contribution >= 4 is 11.6 Å². The van der Waals surface area contributed by atoms with Crippen molar-refractivity contribution in [2.24, 2.45) is 0 Å². The maximum atomic E-state index is 12.9. The highest BCUT2D eigenvalue weighted by Crippen LogP contribution is 2.35. The Balaban J connectivity index is 1.40. The molecule has 1 aromatic carbocycles. The molecule has 186 valence electrons. The minimum absolute atomic E-state index is 0.0124. The van der Waals surface area contributed by atoms with Gasteiger partial charge in [-0.15, -0.1) is 0 Å². The Kier molecular flexibility index (Phi) is 6.28. The number of ether oxygens (including phenoxy) is 4. The number of carbonyl (C=O) groups excluding carboxylic acids is 1. The van der Waals surface area contributed by atoms with Crippen LogP contribution >= 0.6 is 0 Å². The summed E-state index contributed by atoms with van der Waals surface area (Å²) in [6, 6.07) is 7.09. The zero-order valence-electron chi connectivity index (χ0n) is 19.0. The Morgan fingerprint density at radius 3 is 2.83 bits per heavy atom. The number of methoxy groups -OCH3 is 1. The minimum atomic E-state index is -4.46. The van der Waals surface area contributed by atoms with Crippen LogP contribution in [0.4, 0.5) is 13.2 Å². The molecule has 1 saturated heterocycles. The highest BCUT2D eigenvalue weighted by atomic mass is 19.4. The molecule has 0 saturated carbocycles. The van der Waals surface area contributed by atoms with Crippen molar-refractivity contribution in [1.82, 2.24) is 14.3 Å². The van der Waals surface area contributed by atoms with E-state index in [4.69, 9.17) is 18.9 Å². The molecule has 1 fully saturated rings. The van der Waals surface area contributed by atoms with Crippen LogP contribution in [0, 0.1) is 0 Å². The zero-order valence-corrected chi connectivity index (χ0v) is 19.0. The fraction of sp³-hybridized carbons (Fsp3) is 0.417. The zero-order chi connectivity index (χ0) is 24.6. The first-order chi connectivity index (χ1) is 16.8. The summed E-state index contributed by atoms with van der Waals surface area (Å²) in [5.74, 6) is 0.195. The number of hydrogen-bond acceptors (Lipinski definition) is 6. The summed E-state index contributed by atoms with van der Waals surface area (Å²) in [5, 5.41) is 0. The van der Waals surface area contributed by atoms with Crippen LogP contribution in [0.1, 0.15) is 15.9 Å². The van der Waals surface area contributed by atoms with Gasteiger partial charge < -0.3 is 23.8 Å². The molecular weight excluding hydrogens is 467 g/mol. The van der Waals surface area contributed by atoms with Gasteiger partial charge in [0.25, 0.3) is 5.91 Å². The summed E-state index contributed by atoms with van der Waals surface area (Å²) in [4.78, 5) is 18.1. The third-order valence-corrected chi connectivity index (χ3v) is 6.03. The molecule has 2 aliphatic rings. The summed E-state index contributed by atoms with van der Waals surface area (Å²) in [5.41, 5.74) is 2.97. The number of pyridine rings is 1. The molecule has 1 amide bonds. The van der Waals surface area contributed by atoms with Crippen molar-refractivity contribution in [1.29, 1.82) is 0 Å². The molecule has 0 spiro atoms. The van der Waals surface area contributed by atoms with Crippen LogP contribution in [0.3, 0.4) is 0 Å². The average Bonchev–Trinajstić information content (AvgIpc) is 3.27. The van der Waals surface area contributed by atoms with E-state index in [1.165, 1.54) is 7.11 Å². The number of imidazole rings is 1. The number of amides is 1. The molecule has 11 heteroatoms. The van der Waals surface area contributed by atoms with Gasteiger partial charge in [0.2, 0.25) is 0 Å². The van der Waals surface area contributed by atoms with Gasteiger partial charge in [-0.2, -0.15) is 13.2 Å². The number of rotatable bonds is 6. The lowest BCUT2D eigenvalue weighted by Gasteiger charge is -2.30. The summed E-state index contributed by atoms with van der Waals surface area (Å²) in [6.07, 6.45) is -0.764. The molecule has 0 N–H and O–H groups in total. The molecule has 2 aliphatic heterocycles. The van der Waals surface area contributed by atoms with Crippen molar-refractivity contribution in [3.8, 4) is 22.8 Å². The predicted molar refractivity (Wildman–Crippen MR) is 119 cm³/mol. The van der Waals surface area contributed by atoms with Crippen LogP contribution in [0.2, 0.25) is 0 Å². The maximum absolute atomic E-state index is 12.9. The molecule has 3 aromatic rings. The van der Waals surface area contributed by atoms with E-state index >= 15 is 0 Å². The van der Waals surface area contributed by atoms with Gasteiger partial charge in [-0.1, -0.05) is 0 Å². The number of halogens is 3. The Bertz CT molecular complexity index is 1220. The first kappa shape index (κ1) is 23.4. The van der Waals surface area contributed by atoms with Gasteiger partial charge in [-0.25, -0.2) is 4.98 Å². The highest BCUT2D eigenvalue weighted by molar-refractivity contribution is 6.00. The molecule has 0 aliphatic carbocycles. The van der Waals surface area contributed by atoms with Gasteiger partial charge in [0, 0.05) is 24.4 Å². The van der Waals surface area contributed by atoms with Gasteiger partial charge in [0.1, 0.15) is 36.4 Å². The molecule has 5 rings (SSSR count). The first-order valence-electron chi connectivity index (χ1n) is 11.2. The maximum Gasteiger partial charge on any atom is 0.406 e. The van der Waals surface area contributed by atoms with Gasteiger partial charge >= 0.3 is 6.18 Å². The quantitative estimate of drug-likeness (QED) is 0.527. The molecule has 1 unspecified atom stereocenters.